The summed E-state index contributed by atoms with van der Waals surface area (Å²) in [4.78, 5) is 0. The molecule has 3 heteroatoms. The summed E-state index contributed by atoms with van der Waals surface area (Å²) in [7, 11) is 1.96. The van der Waals surface area contributed by atoms with Crippen LogP contribution in [0.1, 0.15) is 17.2 Å². The third-order valence-electron chi connectivity index (χ3n) is 3.61. The third kappa shape index (κ3) is 2.49. The first-order valence-corrected chi connectivity index (χ1v) is 6.90. The van der Waals surface area contributed by atoms with Crippen molar-refractivity contribution in [3.05, 3.63) is 59.7 Å². The van der Waals surface area contributed by atoms with Crippen LogP contribution in [0, 0.1) is 6.92 Å². The maximum absolute atomic E-state index is 6.09. The number of likely N-dealkylation sites (N-methyl/N-ethyl adjacent to an activating group) is 1. The molecule has 0 spiro atoms. The summed E-state index contributed by atoms with van der Waals surface area (Å²) in [6.07, 6.45) is -0.0308. The highest BCUT2D eigenvalue weighted by atomic mass is 16.6. The Hall–Kier alpha value is -2.00. The molecule has 1 aliphatic rings. The molecule has 2 aromatic rings. The van der Waals surface area contributed by atoms with E-state index >= 15 is 0 Å². The SMILES string of the molecule is CNC(c1cccc(C)c1)C1COc2ccccc2O1. The average Bonchev–Trinajstić information content (AvgIpc) is 2.48. The molecule has 0 aliphatic carbocycles. The van der Waals surface area contributed by atoms with E-state index in [2.05, 4.69) is 36.5 Å². The lowest BCUT2D eigenvalue weighted by Gasteiger charge is -2.32. The minimum absolute atomic E-state index is 0.0308. The van der Waals surface area contributed by atoms with Crippen molar-refractivity contribution >= 4 is 0 Å². The minimum Gasteiger partial charge on any atom is -0.486 e. The second-order valence-corrected chi connectivity index (χ2v) is 5.09. The fourth-order valence-corrected chi connectivity index (χ4v) is 2.63. The van der Waals surface area contributed by atoms with Gasteiger partial charge in [-0.05, 0) is 31.7 Å². The van der Waals surface area contributed by atoms with Crippen LogP contribution in [0.25, 0.3) is 0 Å². The van der Waals surface area contributed by atoms with Gasteiger partial charge in [-0.3, -0.25) is 0 Å². The largest absolute Gasteiger partial charge is 0.486 e. The summed E-state index contributed by atoms with van der Waals surface area (Å²) < 4.78 is 11.9. The van der Waals surface area contributed by atoms with Gasteiger partial charge in [-0.15, -0.1) is 0 Å². The van der Waals surface area contributed by atoms with Crippen molar-refractivity contribution < 1.29 is 9.47 Å². The molecule has 2 aromatic carbocycles. The molecule has 0 bridgehead atoms. The standard InChI is InChI=1S/C17H19NO2/c1-12-6-5-7-13(10-12)17(18-2)16-11-19-14-8-3-4-9-15(14)20-16/h3-10,16-18H,11H2,1-2H3. The number of nitrogens with one attached hydrogen (secondary N) is 1. The summed E-state index contributed by atoms with van der Waals surface area (Å²) in [5.74, 6) is 1.64. The molecule has 1 aliphatic heterocycles. The van der Waals surface area contributed by atoms with Crippen molar-refractivity contribution in [2.24, 2.45) is 0 Å². The van der Waals surface area contributed by atoms with Gasteiger partial charge in [-0.2, -0.15) is 0 Å². The van der Waals surface area contributed by atoms with Crippen molar-refractivity contribution in [2.75, 3.05) is 13.7 Å². The summed E-state index contributed by atoms with van der Waals surface area (Å²) in [6, 6.07) is 16.4. The van der Waals surface area contributed by atoms with Gasteiger partial charge in [-0.1, -0.05) is 42.0 Å². The predicted molar refractivity (Wildman–Crippen MR) is 79.3 cm³/mol. The lowest BCUT2D eigenvalue weighted by molar-refractivity contribution is 0.0638. The van der Waals surface area contributed by atoms with E-state index in [0.29, 0.717) is 6.61 Å². The van der Waals surface area contributed by atoms with Crippen LogP contribution in [0.5, 0.6) is 11.5 Å². The Bertz CT molecular complexity index is 597. The molecule has 1 heterocycles. The molecule has 0 amide bonds. The van der Waals surface area contributed by atoms with E-state index in [0.717, 1.165) is 11.5 Å². The van der Waals surface area contributed by atoms with E-state index in [1.54, 1.807) is 0 Å². The zero-order valence-electron chi connectivity index (χ0n) is 11.8. The lowest BCUT2D eigenvalue weighted by atomic mass is 9.99. The van der Waals surface area contributed by atoms with Crippen LogP contribution < -0.4 is 14.8 Å². The van der Waals surface area contributed by atoms with E-state index in [4.69, 9.17) is 9.47 Å². The van der Waals surface area contributed by atoms with Crippen LogP contribution in [-0.4, -0.2) is 19.8 Å². The van der Waals surface area contributed by atoms with Crippen molar-refractivity contribution in [2.45, 2.75) is 19.1 Å². The normalized spacial score (nSPS) is 18.6. The molecule has 0 saturated heterocycles. The number of hydrogen-bond acceptors (Lipinski definition) is 3. The van der Waals surface area contributed by atoms with Crippen molar-refractivity contribution in [1.82, 2.24) is 5.32 Å². The molecular weight excluding hydrogens is 250 g/mol. The zero-order chi connectivity index (χ0) is 13.9. The molecule has 2 unspecified atom stereocenters. The number of aryl methyl sites for hydroxylation is 1. The summed E-state index contributed by atoms with van der Waals surface area (Å²) in [6.45, 7) is 2.65. The number of hydrogen-bond donors (Lipinski definition) is 1. The number of benzene rings is 2. The number of rotatable bonds is 3. The third-order valence-corrected chi connectivity index (χ3v) is 3.61. The summed E-state index contributed by atoms with van der Waals surface area (Å²) in [5.41, 5.74) is 2.47. The number of fused-ring (bicyclic) bond motifs is 1. The lowest BCUT2D eigenvalue weighted by Crippen LogP contribution is -2.40. The van der Waals surface area contributed by atoms with Gasteiger partial charge in [0.05, 0.1) is 6.04 Å². The highest BCUT2D eigenvalue weighted by Crippen LogP contribution is 2.34. The fraction of sp³-hybridized carbons (Fsp3) is 0.294. The van der Waals surface area contributed by atoms with Crippen LogP contribution in [0.2, 0.25) is 0 Å². The highest BCUT2D eigenvalue weighted by molar-refractivity contribution is 5.41. The maximum Gasteiger partial charge on any atom is 0.161 e. The van der Waals surface area contributed by atoms with Crippen molar-refractivity contribution in [3.8, 4) is 11.5 Å². The Kier molecular flexibility index (Phi) is 3.61. The summed E-state index contributed by atoms with van der Waals surface area (Å²) >= 11 is 0. The molecule has 2 atom stereocenters. The number of para-hydroxylation sites is 2. The summed E-state index contributed by atoms with van der Waals surface area (Å²) in [5, 5.41) is 3.34. The molecule has 1 N–H and O–H groups in total. The quantitative estimate of drug-likeness (QED) is 0.928. The molecule has 104 valence electrons. The average molecular weight is 269 g/mol. The first-order valence-electron chi connectivity index (χ1n) is 6.90. The van der Waals surface area contributed by atoms with Crippen molar-refractivity contribution in [1.29, 1.82) is 0 Å². The van der Waals surface area contributed by atoms with Crippen LogP contribution in [0.4, 0.5) is 0 Å². The van der Waals surface area contributed by atoms with E-state index in [9.17, 15) is 0 Å². The first-order chi connectivity index (χ1) is 9.78. The van der Waals surface area contributed by atoms with Gasteiger partial charge in [0, 0.05) is 0 Å². The Balaban J connectivity index is 1.85. The number of ether oxygens (including phenoxy) is 2. The van der Waals surface area contributed by atoms with Gasteiger partial charge < -0.3 is 14.8 Å². The molecule has 0 radical (unpaired) electrons. The molecule has 3 nitrogen and oxygen atoms in total. The molecule has 0 fully saturated rings. The van der Waals surface area contributed by atoms with Gasteiger partial charge in [0.1, 0.15) is 6.61 Å². The highest BCUT2D eigenvalue weighted by Gasteiger charge is 2.29. The van der Waals surface area contributed by atoms with Gasteiger partial charge in [-0.25, -0.2) is 0 Å². The van der Waals surface area contributed by atoms with Gasteiger partial charge in [0.2, 0.25) is 0 Å². The minimum atomic E-state index is -0.0308. The monoisotopic (exact) mass is 269 g/mol. The smallest absolute Gasteiger partial charge is 0.161 e. The van der Waals surface area contributed by atoms with E-state index in [1.165, 1.54) is 11.1 Å². The maximum atomic E-state index is 6.09. The van der Waals surface area contributed by atoms with E-state index < -0.39 is 0 Å². The first kappa shape index (κ1) is 13.0. The van der Waals surface area contributed by atoms with E-state index in [-0.39, 0.29) is 12.1 Å². The second kappa shape index (κ2) is 5.55. The molecule has 3 rings (SSSR count). The van der Waals surface area contributed by atoms with Crippen LogP contribution in [0.15, 0.2) is 48.5 Å². The fourth-order valence-electron chi connectivity index (χ4n) is 2.63. The van der Waals surface area contributed by atoms with Gasteiger partial charge in [0.25, 0.3) is 0 Å². The molecule has 0 aromatic heterocycles. The van der Waals surface area contributed by atoms with Crippen molar-refractivity contribution in [3.63, 3.8) is 0 Å². The van der Waals surface area contributed by atoms with Gasteiger partial charge >= 0.3 is 0 Å². The van der Waals surface area contributed by atoms with Crippen LogP contribution in [-0.2, 0) is 0 Å². The Labute approximate surface area is 119 Å². The predicted octanol–water partition coefficient (Wildman–Crippen LogP) is 3.10. The topological polar surface area (TPSA) is 30.5 Å². The van der Waals surface area contributed by atoms with Crippen LogP contribution in [0.3, 0.4) is 0 Å². The Morgan fingerprint density at radius 1 is 1.10 bits per heavy atom. The molecule has 0 saturated carbocycles. The van der Waals surface area contributed by atoms with Crippen LogP contribution >= 0.6 is 0 Å². The zero-order valence-corrected chi connectivity index (χ0v) is 11.8. The van der Waals surface area contributed by atoms with E-state index in [1.807, 2.05) is 31.3 Å². The Morgan fingerprint density at radius 3 is 2.65 bits per heavy atom. The van der Waals surface area contributed by atoms with Gasteiger partial charge in [0.15, 0.2) is 17.6 Å². The second-order valence-electron chi connectivity index (χ2n) is 5.09. The Morgan fingerprint density at radius 2 is 1.90 bits per heavy atom. The molecule has 20 heavy (non-hydrogen) atoms. The molecular formula is C17H19NO2.